The zero-order chi connectivity index (χ0) is 6.57. The highest BCUT2D eigenvalue weighted by atomic mass is 35.5. The van der Waals surface area contributed by atoms with E-state index in [1.807, 2.05) is 0 Å². The fraction of sp³-hybridized carbons (Fsp3) is 0.250. The number of halogens is 2. The van der Waals surface area contributed by atoms with Crippen LogP contribution in [0.15, 0.2) is 12.2 Å². The Morgan fingerprint density at radius 2 is 2.12 bits per heavy atom. The molecular weight excluding hydrogens is 151 g/mol. The lowest BCUT2D eigenvalue weighted by atomic mass is 10.5. The summed E-state index contributed by atoms with van der Waals surface area (Å²) in [6.45, 7) is 0. The van der Waals surface area contributed by atoms with Crippen molar-refractivity contribution in [2.45, 2.75) is 4.84 Å². The van der Waals surface area contributed by atoms with Gasteiger partial charge in [0, 0.05) is 6.08 Å². The minimum Gasteiger partial charge on any atom is -0.478 e. The first kappa shape index (κ1) is 7.79. The maximum Gasteiger partial charge on any atom is 0.328 e. The highest BCUT2D eigenvalue weighted by Gasteiger charge is 1.90. The molecule has 0 fully saturated rings. The largest absolute Gasteiger partial charge is 0.478 e. The Morgan fingerprint density at radius 3 is 2.25 bits per heavy atom. The number of carboxylic acids is 1. The maximum atomic E-state index is 9.70. The molecule has 0 aliphatic carbocycles. The molecule has 0 saturated heterocycles. The number of hydrogen-bond acceptors (Lipinski definition) is 1. The molecule has 0 radical (unpaired) electrons. The van der Waals surface area contributed by atoms with Crippen molar-refractivity contribution >= 4 is 29.2 Å². The van der Waals surface area contributed by atoms with Crippen molar-refractivity contribution in [3.63, 3.8) is 0 Å². The van der Waals surface area contributed by atoms with Crippen molar-refractivity contribution in [2.75, 3.05) is 0 Å². The van der Waals surface area contributed by atoms with Crippen LogP contribution in [-0.2, 0) is 4.79 Å². The average Bonchev–Trinajstić information content (AvgIpc) is 1.61. The van der Waals surface area contributed by atoms with Crippen molar-refractivity contribution in [1.29, 1.82) is 0 Å². The molecule has 4 heteroatoms. The fourth-order valence-corrected chi connectivity index (χ4v) is 0.301. The summed E-state index contributed by atoms with van der Waals surface area (Å²) in [6.07, 6.45) is 2.07. The molecule has 46 valence electrons. The molecule has 0 unspecified atom stereocenters. The smallest absolute Gasteiger partial charge is 0.328 e. The summed E-state index contributed by atoms with van der Waals surface area (Å²) in [5.74, 6) is -1.05. The van der Waals surface area contributed by atoms with Crippen LogP contribution in [0.1, 0.15) is 0 Å². The molecule has 0 heterocycles. The standard InChI is InChI=1S/C4H4Cl2O2/c5-3(6)1-2-4(7)8/h1-3H,(H,7,8). The summed E-state index contributed by atoms with van der Waals surface area (Å²) in [4.78, 5) is 8.97. The van der Waals surface area contributed by atoms with E-state index in [9.17, 15) is 4.79 Å². The van der Waals surface area contributed by atoms with E-state index in [-0.39, 0.29) is 0 Å². The molecule has 0 aromatic rings. The highest BCUT2D eigenvalue weighted by molar-refractivity contribution is 6.45. The lowest BCUT2D eigenvalue weighted by molar-refractivity contribution is -0.131. The zero-order valence-electron chi connectivity index (χ0n) is 3.84. The van der Waals surface area contributed by atoms with Crippen LogP contribution < -0.4 is 0 Å². The maximum absolute atomic E-state index is 9.70. The molecule has 1 N–H and O–H groups in total. The molecule has 0 spiro atoms. The number of carbonyl (C=O) groups is 1. The Morgan fingerprint density at radius 1 is 1.62 bits per heavy atom. The van der Waals surface area contributed by atoms with Crippen LogP contribution in [-0.4, -0.2) is 15.9 Å². The second-order valence-electron chi connectivity index (χ2n) is 1.03. The van der Waals surface area contributed by atoms with Gasteiger partial charge in [-0.2, -0.15) is 0 Å². The molecule has 0 aromatic heterocycles. The van der Waals surface area contributed by atoms with Gasteiger partial charge in [0.05, 0.1) is 0 Å². The molecule has 0 rings (SSSR count). The van der Waals surface area contributed by atoms with E-state index in [1.54, 1.807) is 0 Å². The summed E-state index contributed by atoms with van der Waals surface area (Å²) in [5, 5.41) is 7.96. The minimum atomic E-state index is -1.05. The molecule has 0 saturated carbocycles. The van der Waals surface area contributed by atoms with E-state index in [0.717, 1.165) is 6.08 Å². The van der Waals surface area contributed by atoms with Crippen LogP contribution in [0.5, 0.6) is 0 Å². The van der Waals surface area contributed by atoms with Crippen molar-refractivity contribution in [1.82, 2.24) is 0 Å². The number of hydrogen-bond donors (Lipinski definition) is 1. The van der Waals surface area contributed by atoms with Gasteiger partial charge >= 0.3 is 5.97 Å². The van der Waals surface area contributed by atoms with Crippen LogP contribution in [0, 0.1) is 0 Å². The first-order valence-corrected chi connectivity index (χ1v) is 2.69. The van der Waals surface area contributed by atoms with Gasteiger partial charge in [0.15, 0.2) is 0 Å². The molecule has 8 heavy (non-hydrogen) atoms. The molecule has 0 atom stereocenters. The van der Waals surface area contributed by atoms with Gasteiger partial charge in [-0.3, -0.25) is 0 Å². The molecule has 0 aliphatic rings. The number of carboxylic acid groups (broad SMARTS) is 1. The van der Waals surface area contributed by atoms with E-state index >= 15 is 0 Å². The predicted octanol–water partition coefficient (Wildman–Crippen LogP) is 1.43. The first-order valence-electron chi connectivity index (χ1n) is 1.82. The van der Waals surface area contributed by atoms with Gasteiger partial charge in [0.1, 0.15) is 4.84 Å². The molecular formula is C4H4Cl2O2. The Balaban J connectivity index is 3.50. The van der Waals surface area contributed by atoms with Gasteiger partial charge in [-0.05, 0) is 6.08 Å². The van der Waals surface area contributed by atoms with Crippen molar-refractivity contribution in [2.24, 2.45) is 0 Å². The number of alkyl halides is 2. The lowest BCUT2D eigenvalue weighted by Gasteiger charge is -1.83. The van der Waals surface area contributed by atoms with Crippen molar-refractivity contribution in [3.8, 4) is 0 Å². The summed E-state index contributed by atoms with van der Waals surface area (Å²) in [7, 11) is 0. The third-order valence-electron chi connectivity index (χ3n) is 0.384. The number of rotatable bonds is 2. The monoisotopic (exact) mass is 154 g/mol. The van der Waals surface area contributed by atoms with Crippen LogP contribution in [0.2, 0.25) is 0 Å². The molecule has 0 aromatic carbocycles. The van der Waals surface area contributed by atoms with Gasteiger partial charge in [-0.1, -0.05) is 0 Å². The second kappa shape index (κ2) is 3.75. The van der Waals surface area contributed by atoms with Gasteiger partial charge in [0.25, 0.3) is 0 Å². The van der Waals surface area contributed by atoms with Crippen LogP contribution in [0.3, 0.4) is 0 Å². The van der Waals surface area contributed by atoms with Crippen LogP contribution >= 0.6 is 23.2 Å². The quantitative estimate of drug-likeness (QED) is 0.483. The summed E-state index contributed by atoms with van der Waals surface area (Å²) >= 11 is 10.3. The molecule has 0 bridgehead atoms. The van der Waals surface area contributed by atoms with Gasteiger partial charge in [0.2, 0.25) is 0 Å². The Bertz CT molecular complexity index is 109. The van der Waals surface area contributed by atoms with Gasteiger partial charge < -0.3 is 5.11 Å². The Kier molecular flexibility index (Phi) is 3.65. The normalized spacial score (nSPS) is 10.9. The minimum absolute atomic E-state index is 0.730. The second-order valence-corrected chi connectivity index (χ2v) is 2.20. The zero-order valence-corrected chi connectivity index (χ0v) is 5.36. The van der Waals surface area contributed by atoms with E-state index in [2.05, 4.69) is 0 Å². The van der Waals surface area contributed by atoms with Crippen molar-refractivity contribution < 1.29 is 9.90 Å². The summed E-state index contributed by atoms with van der Waals surface area (Å²) in [6, 6.07) is 0. The Hall–Kier alpha value is -0.210. The highest BCUT2D eigenvalue weighted by Crippen LogP contribution is 2.01. The fourth-order valence-electron chi connectivity index (χ4n) is 0.155. The van der Waals surface area contributed by atoms with E-state index < -0.39 is 10.8 Å². The molecule has 0 aliphatic heterocycles. The molecule has 0 amide bonds. The van der Waals surface area contributed by atoms with Gasteiger partial charge in [-0.15, -0.1) is 23.2 Å². The predicted molar refractivity (Wildman–Crippen MR) is 32.3 cm³/mol. The average molecular weight is 155 g/mol. The third-order valence-corrected chi connectivity index (χ3v) is 0.675. The van der Waals surface area contributed by atoms with Crippen LogP contribution in [0.25, 0.3) is 0 Å². The van der Waals surface area contributed by atoms with Gasteiger partial charge in [-0.25, -0.2) is 4.79 Å². The number of allylic oxidation sites excluding steroid dienone is 1. The Labute approximate surface area is 56.7 Å². The van der Waals surface area contributed by atoms with E-state index in [4.69, 9.17) is 28.3 Å². The van der Waals surface area contributed by atoms with E-state index in [1.165, 1.54) is 6.08 Å². The third kappa shape index (κ3) is 5.79. The SMILES string of the molecule is O=C(O)C=CC(Cl)Cl. The van der Waals surface area contributed by atoms with Crippen LogP contribution in [0.4, 0.5) is 0 Å². The topological polar surface area (TPSA) is 37.3 Å². The lowest BCUT2D eigenvalue weighted by Crippen LogP contribution is -1.87. The van der Waals surface area contributed by atoms with E-state index in [0.29, 0.717) is 0 Å². The molecule has 2 nitrogen and oxygen atoms in total. The first-order chi connectivity index (χ1) is 3.63. The summed E-state index contributed by atoms with van der Waals surface area (Å²) < 4.78 is 0. The number of aliphatic carboxylic acids is 1. The summed E-state index contributed by atoms with van der Waals surface area (Å²) in [5.41, 5.74) is 0. The van der Waals surface area contributed by atoms with Crippen molar-refractivity contribution in [3.05, 3.63) is 12.2 Å².